The van der Waals surface area contributed by atoms with E-state index in [1.54, 1.807) is 0 Å². The van der Waals surface area contributed by atoms with Crippen LogP contribution in [-0.4, -0.2) is 20.6 Å². The third-order valence-electron chi connectivity index (χ3n) is 0. The van der Waals surface area contributed by atoms with Crippen LogP contribution in [0.25, 0.3) is 0 Å². The molecule has 0 fully saturated rings. The van der Waals surface area contributed by atoms with Crippen molar-refractivity contribution in [3.8, 4) is 0 Å². The molecule has 3 nitrogen and oxygen atoms in total. The molecule has 0 aliphatic heterocycles. The van der Waals surface area contributed by atoms with Crippen molar-refractivity contribution in [2.24, 2.45) is 17.2 Å². The van der Waals surface area contributed by atoms with Gasteiger partial charge in [0.15, 0.2) is 0 Å². The average molecular weight is 123 g/mol. The van der Waals surface area contributed by atoms with Gasteiger partial charge in [-0.3, -0.25) is 0 Å². The topological polar surface area (TPSA) is 78.1 Å². The van der Waals surface area contributed by atoms with E-state index >= 15 is 0 Å². The van der Waals surface area contributed by atoms with Gasteiger partial charge in [-0.1, -0.05) is 14.4 Å². The summed E-state index contributed by atoms with van der Waals surface area (Å²) >= 11 is 0. The molecule has 0 aromatic heterocycles. The summed E-state index contributed by atoms with van der Waals surface area (Å²) in [7, 11) is 3.00. The van der Waals surface area contributed by atoms with E-state index in [-0.39, 0.29) is 7.43 Å². The van der Waals surface area contributed by atoms with E-state index in [0.717, 1.165) is 6.54 Å². The van der Waals surface area contributed by atoms with Gasteiger partial charge in [0.25, 0.3) is 0 Å². The molecule has 6 N–H and O–H groups in total. The maximum absolute atomic E-state index is 4.85. The third-order valence-corrected chi connectivity index (χ3v) is 0. The van der Waals surface area contributed by atoms with Gasteiger partial charge in [-0.2, -0.15) is 0 Å². The lowest BCUT2D eigenvalue weighted by Crippen LogP contribution is -1.87. The van der Waals surface area contributed by atoms with E-state index in [0.29, 0.717) is 0 Å². The Balaban J connectivity index is -0.0000000147. The highest BCUT2D eigenvalue weighted by molar-refractivity contribution is 4.00. The van der Waals surface area contributed by atoms with Crippen LogP contribution >= 0.6 is 0 Å². The first-order chi connectivity index (χ1) is 3.41. The minimum absolute atomic E-state index is 0. The van der Waals surface area contributed by atoms with Crippen molar-refractivity contribution in [1.29, 1.82) is 0 Å². The van der Waals surface area contributed by atoms with Gasteiger partial charge in [0.05, 0.1) is 0 Å². The lowest BCUT2D eigenvalue weighted by molar-refractivity contribution is 1.14. The van der Waals surface area contributed by atoms with Crippen LogP contribution in [-0.2, 0) is 0 Å². The Morgan fingerprint density at radius 2 is 1.00 bits per heavy atom. The molecular weight excluding hydrogens is 102 g/mol. The second-order valence-electron chi connectivity index (χ2n) is 0.408. The summed E-state index contributed by atoms with van der Waals surface area (Å²) < 4.78 is 0. The van der Waals surface area contributed by atoms with E-state index in [1.165, 1.54) is 14.1 Å². The van der Waals surface area contributed by atoms with Crippen molar-refractivity contribution in [2.45, 2.75) is 14.4 Å². The lowest BCUT2D eigenvalue weighted by Gasteiger charge is -1.53. The van der Waals surface area contributed by atoms with Crippen LogP contribution in [0.15, 0.2) is 0 Å². The standard InChI is InChI=1S/C2H7N.2CH5N.CH4/c1-2-3;2*1-2;/h2-3H2,1H3;2*2H2,1H3;1H4. The third kappa shape index (κ3) is 9720. The van der Waals surface area contributed by atoms with E-state index < -0.39 is 0 Å². The summed E-state index contributed by atoms with van der Waals surface area (Å²) in [5.41, 5.74) is 13.8. The molecule has 0 aromatic rings. The number of hydrogen-bond acceptors (Lipinski definition) is 3. The van der Waals surface area contributed by atoms with Gasteiger partial charge in [-0.05, 0) is 20.6 Å². The minimum Gasteiger partial charge on any atom is -0.333 e. The summed E-state index contributed by atoms with van der Waals surface area (Å²) in [5, 5.41) is 0. The zero-order chi connectivity index (χ0) is 6.71. The Kier molecular flexibility index (Phi) is 951. The van der Waals surface area contributed by atoms with Crippen molar-refractivity contribution in [1.82, 2.24) is 0 Å². The van der Waals surface area contributed by atoms with Crippen molar-refractivity contribution < 1.29 is 0 Å². The molecule has 0 heterocycles. The first-order valence-electron chi connectivity index (χ1n) is 2.27. The van der Waals surface area contributed by atoms with Crippen molar-refractivity contribution >= 4 is 0 Å². The quantitative estimate of drug-likeness (QED) is 0.415. The van der Waals surface area contributed by atoms with Crippen LogP contribution in [0.2, 0.25) is 0 Å². The SMILES string of the molecule is C.CCN.CN.CN. The summed E-state index contributed by atoms with van der Waals surface area (Å²) in [5.74, 6) is 0. The Hall–Kier alpha value is -0.120. The van der Waals surface area contributed by atoms with E-state index in [1.807, 2.05) is 6.92 Å². The van der Waals surface area contributed by atoms with Crippen LogP contribution in [0, 0.1) is 0 Å². The van der Waals surface area contributed by atoms with Crippen LogP contribution in [0.1, 0.15) is 14.4 Å². The van der Waals surface area contributed by atoms with Crippen molar-refractivity contribution in [2.75, 3.05) is 20.6 Å². The van der Waals surface area contributed by atoms with Crippen molar-refractivity contribution in [3.63, 3.8) is 0 Å². The largest absolute Gasteiger partial charge is 0.333 e. The smallest absolute Gasteiger partial charge is 0.0106 e. The molecular formula is C5H21N3. The van der Waals surface area contributed by atoms with Gasteiger partial charge in [-0.15, -0.1) is 0 Å². The zero-order valence-electron chi connectivity index (χ0n) is 5.44. The summed E-state index contributed by atoms with van der Waals surface area (Å²) in [6, 6.07) is 0. The average Bonchev–Trinajstić information content (AvgIpc) is 1.78. The molecule has 8 heavy (non-hydrogen) atoms. The van der Waals surface area contributed by atoms with Gasteiger partial charge in [0, 0.05) is 0 Å². The van der Waals surface area contributed by atoms with E-state index in [2.05, 4.69) is 11.5 Å². The Morgan fingerprint density at radius 1 is 1.00 bits per heavy atom. The van der Waals surface area contributed by atoms with E-state index in [9.17, 15) is 0 Å². The lowest BCUT2D eigenvalue weighted by atomic mass is 10.8. The highest BCUT2D eigenvalue weighted by Crippen LogP contribution is 1.20. The number of hydrogen-bond donors (Lipinski definition) is 3. The van der Waals surface area contributed by atoms with Crippen molar-refractivity contribution in [3.05, 3.63) is 0 Å². The van der Waals surface area contributed by atoms with Crippen LogP contribution < -0.4 is 17.2 Å². The predicted molar refractivity (Wildman–Crippen MR) is 41.7 cm³/mol. The minimum atomic E-state index is 0. The molecule has 0 amide bonds. The molecule has 0 spiro atoms. The first kappa shape index (κ1) is 24.8. The molecule has 0 aromatic carbocycles. The fourth-order valence-corrected chi connectivity index (χ4v) is 0. The monoisotopic (exact) mass is 123 g/mol. The first-order valence-corrected chi connectivity index (χ1v) is 2.27. The van der Waals surface area contributed by atoms with Gasteiger partial charge in [0.1, 0.15) is 0 Å². The fourth-order valence-electron chi connectivity index (χ4n) is 0. The van der Waals surface area contributed by atoms with Crippen LogP contribution in [0.4, 0.5) is 0 Å². The molecule has 0 saturated heterocycles. The molecule has 0 radical (unpaired) electrons. The summed E-state index contributed by atoms with van der Waals surface area (Å²) in [4.78, 5) is 0. The van der Waals surface area contributed by atoms with Crippen LogP contribution in [0.5, 0.6) is 0 Å². The molecule has 0 saturated carbocycles. The highest BCUT2D eigenvalue weighted by atomic mass is 14.5. The molecule has 0 bridgehead atoms. The Morgan fingerprint density at radius 3 is 1.00 bits per heavy atom. The maximum atomic E-state index is 4.85. The highest BCUT2D eigenvalue weighted by Gasteiger charge is 1.32. The zero-order valence-corrected chi connectivity index (χ0v) is 5.44. The van der Waals surface area contributed by atoms with Crippen LogP contribution in [0.3, 0.4) is 0 Å². The molecule has 56 valence electrons. The summed E-state index contributed by atoms with van der Waals surface area (Å²) in [6.07, 6.45) is 0. The molecule has 3 heteroatoms. The molecule has 0 rings (SSSR count). The molecule has 0 unspecified atom stereocenters. The van der Waals surface area contributed by atoms with Gasteiger partial charge in [-0.25, -0.2) is 0 Å². The predicted octanol–water partition coefficient (Wildman–Crippen LogP) is -0.249. The second kappa shape index (κ2) is 307. The number of rotatable bonds is 0. The number of nitrogens with two attached hydrogens (primary N) is 3. The summed E-state index contributed by atoms with van der Waals surface area (Å²) in [6.45, 7) is 2.65. The fraction of sp³-hybridized carbons (Fsp3) is 1.00. The normalized spacial score (nSPS) is 3.75. The maximum Gasteiger partial charge on any atom is -0.0106 e. The molecule has 0 aliphatic carbocycles. The van der Waals surface area contributed by atoms with Gasteiger partial charge < -0.3 is 17.2 Å². The van der Waals surface area contributed by atoms with Gasteiger partial charge in [0.2, 0.25) is 0 Å². The molecule has 0 aliphatic rings. The van der Waals surface area contributed by atoms with Gasteiger partial charge >= 0.3 is 0 Å². The molecule has 0 atom stereocenters. The Bertz CT molecular complexity index is 7.64. The second-order valence-corrected chi connectivity index (χ2v) is 0.408. The Labute approximate surface area is 53.2 Å². The van der Waals surface area contributed by atoms with E-state index in [4.69, 9.17) is 5.73 Å².